The molecule has 0 unspecified atom stereocenters. The summed E-state index contributed by atoms with van der Waals surface area (Å²) in [5, 5.41) is 2.89. The van der Waals surface area contributed by atoms with Crippen molar-refractivity contribution < 1.29 is 19.1 Å². The Labute approximate surface area is 170 Å². The van der Waals surface area contributed by atoms with E-state index in [1.54, 1.807) is 24.3 Å². The van der Waals surface area contributed by atoms with Gasteiger partial charge in [-0.3, -0.25) is 9.59 Å². The topological polar surface area (TPSA) is 75.7 Å². The quantitative estimate of drug-likeness (QED) is 0.790. The van der Waals surface area contributed by atoms with E-state index < -0.39 is 5.97 Å². The third-order valence-electron chi connectivity index (χ3n) is 5.23. The van der Waals surface area contributed by atoms with Crippen LogP contribution in [0.4, 0.5) is 5.69 Å². The summed E-state index contributed by atoms with van der Waals surface area (Å²) in [6, 6.07) is 14.6. The second-order valence-electron chi connectivity index (χ2n) is 7.38. The van der Waals surface area contributed by atoms with Crippen LogP contribution in [0.15, 0.2) is 48.5 Å². The molecule has 0 spiro atoms. The highest BCUT2D eigenvalue weighted by Crippen LogP contribution is 2.21. The third-order valence-corrected chi connectivity index (χ3v) is 5.23. The first-order valence-corrected chi connectivity index (χ1v) is 9.79. The highest BCUT2D eigenvalue weighted by Gasteiger charge is 2.27. The summed E-state index contributed by atoms with van der Waals surface area (Å²) in [5.41, 5.74) is 3.24. The lowest BCUT2D eigenvalue weighted by molar-refractivity contribution is -0.133. The Morgan fingerprint density at radius 3 is 2.38 bits per heavy atom. The van der Waals surface area contributed by atoms with Gasteiger partial charge in [0, 0.05) is 24.7 Å². The van der Waals surface area contributed by atoms with Gasteiger partial charge < -0.3 is 15.0 Å². The summed E-state index contributed by atoms with van der Waals surface area (Å²) in [4.78, 5) is 38.4. The number of ether oxygens (including phenoxy) is 1. The predicted octanol–water partition coefficient (Wildman–Crippen LogP) is 3.20. The maximum absolute atomic E-state index is 12.5. The number of hydrogen-bond acceptors (Lipinski definition) is 4. The van der Waals surface area contributed by atoms with Crippen molar-refractivity contribution in [2.75, 3.05) is 25.5 Å². The van der Waals surface area contributed by atoms with Crippen LogP contribution in [-0.4, -0.2) is 42.9 Å². The van der Waals surface area contributed by atoms with Gasteiger partial charge in [0.25, 0.3) is 0 Å². The fourth-order valence-corrected chi connectivity index (χ4v) is 3.55. The Morgan fingerprint density at radius 2 is 1.76 bits per heavy atom. The number of carbonyl (C=O) groups excluding carboxylic acids is 3. The number of esters is 1. The number of methoxy groups -OCH3 is 1. The first kappa shape index (κ1) is 20.6. The van der Waals surface area contributed by atoms with E-state index in [-0.39, 0.29) is 17.7 Å². The number of piperidine rings is 1. The van der Waals surface area contributed by atoms with E-state index in [1.807, 2.05) is 36.1 Å². The zero-order valence-electron chi connectivity index (χ0n) is 16.8. The van der Waals surface area contributed by atoms with Crippen molar-refractivity contribution in [1.29, 1.82) is 0 Å². The molecule has 1 heterocycles. The SMILES string of the molecule is COC(=O)c1ccc(NC(=O)C2CCN(C(=O)Cc3cccc(C)c3)CC2)cc1. The average molecular weight is 394 g/mol. The molecule has 1 saturated heterocycles. The lowest BCUT2D eigenvalue weighted by Crippen LogP contribution is -2.42. The van der Waals surface area contributed by atoms with Gasteiger partial charge in [0.05, 0.1) is 19.1 Å². The molecule has 2 aromatic rings. The monoisotopic (exact) mass is 394 g/mol. The molecule has 2 aromatic carbocycles. The lowest BCUT2D eigenvalue weighted by atomic mass is 9.95. The molecule has 0 aromatic heterocycles. The molecule has 0 bridgehead atoms. The molecule has 6 heteroatoms. The largest absolute Gasteiger partial charge is 0.465 e. The number of aryl methyl sites for hydroxylation is 1. The Morgan fingerprint density at radius 1 is 1.07 bits per heavy atom. The van der Waals surface area contributed by atoms with Gasteiger partial charge in [-0.05, 0) is 49.6 Å². The molecule has 2 amide bonds. The van der Waals surface area contributed by atoms with Crippen LogP contribution in [0.5, 0.6) is 0 Å². The second-order valence-corrected chi connectivity index (χ2v) is 7.38. The minimum Gasteiger partial charge on any atom is -0.465 e. The van der Waals surface area contributed by atoms with Crippen LogP contribution in [0.2, 0.25) is 0 Å². The number of hydrogen-bond donors (Lipinski definition) is 1. The van der Waals surface area contributed by atoms with E-state index in [4.69, 9.17) is 0 Å². The highest BCUT2D eigenvalue weighted by atomic mass is 16.5. The van der Waals surface area contributed by atoms with E-state index in [0.717, 1.165) is 11.1 Å². The van der Waals surface area contributed by atoms with Gasteiger partial charge in [-0.15, -0.1) is 0 Å². The van der Waals surface area contributed by atoms with Crippen LogP contribution in [0.1, 0.15) is 34.3 Å². The van der Waals surface area contributed by atoms with Crippen LogP contribution >= 0.6 is 0 Å². The van der Waals surface area contributed by atoms with Gasteiger partial charge in [-0.25, -0.2) is 4.79 Å². The maximum Gasteiger partial charge on any atom is 0.337 e. The fraction of sp³-hybridized carbons (Fsp3) is 0.348. The van der Waals surface area contributed by atoms with Crippen LogP contribution in [0, 0.1) is 12.8 Å². The Balaban J connectivity index is 1.49. The molecule has 1 aliphatic heterocycles. The predicted molar refractivity (Wildman–Crippen MR) is 111 cm³/mol. The van der Waals surface area contributed by atoms with Gasteiger partial charge in [-0.2, -0.15) is 0 Å². The van der Waals surface area contributed by atoms with Gasteiger partial charge in [0.15, 0.2) is 0 Å². The number of likely N-dealkylation sites (tertiary alicyclic amines) is 1. The van der Waals surface area contributed by atoms with E-state index in [0.29, 0.717) is 43.6 Å². The Kier molecular flexibility index (Phi) is 6.65. The minimum atomic E-state index is -0.412. The van der Waals surface area contributed by atoms with Crippen molar-refractivity contribution in [3.8, 4) is 0 Å². The van der Waals surface area contributed by atoms with Crippen molar-refractivity contribution >= 4 is 23.5 Å². The van der Waals surface area contributed by atoms with E-state index in [2.05, 4.69) is 10.1 Å². The normalized spacial score (nSPS) is 14.3. The zero-order valence-corrected chi connectivity index (χ0v) is 16.8. The fourth-order valence-electron chi connectivity index (χ4n) is 3.55. The van der Waals surface area contributed by atoms with Crippen molar-refractivity contribution in [3.05, 3.63) is 65.2 Å². The summed E-state index contributed by atoms with van der Waals surface area (Å²) in [5.74, 6) is -0.488. The van der Waals surface area contributed by atoms with Gasteiger partial charge in [0.2, 0.25) is 11.8 Å². The number of amides is 2. The summed E-state index contributed by atoms with van der Waals surface area (Å²) in [6.45, 7) is 3.19. The average Bonchev–Trinajstić information content (AvgIpc) is 2.74. The molecule has 1 N–H and O–H groups in total. The molecule has 0 radical (unpaired) electrons. The third kappa shape index (κ3) is 5.44. The van der Waals surface area contributed by atoms with Gasteiger partial charge in [-0.1, -0.05) is 29.8 Å². The molecule has 1 fully saturated rings. The Bertz CT molecular complexity index is 884. The molecule has 3 rings (SSSR count). The molecule has 152 valence electrons. The maximum atomic E-state index is 12.5. The minimum absolute atomic E-state index is 0.0541. The molecular weight excluding hydrogens is 368 g/mol. The molecule has 29 heavy (non-hydrogen) atoms. The van der Waals surface area contributed by atoms with Crippen LogP contribution in [0.3, 0.4) is 0 Å². The first-order chi connectivity index (χ1) is 14.0. The summed E-state index contributed by atoms with van der Waals surface area (Å²) in [7, 11) is 1.33. The van der Waals surface area contributed by atoms with E-state index in [9.17, 15) is 14.4 Å². The van der Waals surface area contributed by atoms with Crippen molar-refractivity contribution in [3.63, 3.8) is 0 Å². The number of nitrogens with one attached hydrogen (secondary N) is 1. The molecule has 0 atom stereocenters. The molecule has 6 nitrogen and oxygen atoms in total. The molecule has 1 aliphatic rings. The molecular formula is C23H26N2O4. The van der Waals surface area contributed by atoms with Gasteiger partial charge >= 0.3 is 5.97 Å². The number of benzene rings is 2. The number of carbonyl (C=O) groups is 3. The zero-order chi connectivity index (χ0) is 20.8. The standard InChI is InChI=1S/C23H26N2O4/c1-16-4-3-5-17(14-16)15-21(26)25-12-10-18(11-13-25)22(27)24-20-8-6-19(7-9-20)23(28)29-2/h3-9,14,18H,10-13,15H2,1-2H3,(H,24,27). The smallest absolute Gasteiger partial charge is 0.337 e. The Hall–Kier alpha value is -3.15. The van der Waals surface area contributed by atoms with Crippen molar-refractivity contribution in [2.45, 2.75) is 26.2 Å². The van der Waals surface area contributed by atoms with E-state index in [1.165, 1.54) is 7.11 Å². The molecule has 0 aliphatic carbocycles. The number of anilines is 1. The van der Waals surface area contributed by atoms with Crippen LogP contribution < -0.4 is 5.32 Å². The number of rotatable bonds is 5. The van der Waals surface area contributed by atoms with Crippen molar-refractivity contribution in [1.82, 2.24) is 4.90 Å². The van der Waals surface area contributed by atoms with Crippen LogP contribution in [0.25, 0.3) is 0 Å². The summed E-state index contributed by atoms with van der Waals surface area (Å²) < 4.78 is 4.67. The lowest BCUT2D eigenvalue weighted by Gasteiger charge is -2.31. The molecule has 0 saturated carbocycles. The second kappa shape index (κ2) is 9.37. The number of nitrogens with zero attached hydrogens (tertiary/aromatic N) is 1. The van der Waals surface area contributed by atoms with E-state index >= 15 is 0 Å². The highest BCUT2D eigenvalue weighted by molar-refractivity contribution is 5.94. The summed E-state index contributed by atoms with van der Waals surface area (Å²) in [6.07, 6.45) is 1.68. The van der Waals surface area contributed by atoms with Crippen LogP contribution in [-0.2, 0) is 20.7 Å². The van der Waals surface area contributed by atoms with Crippen molar-refractivity contribution in [2.24, 2.45) is 5.92 Å². The first-order valence-electron chi connectivity index (χ1n) is 9.79. The summed E-state index contributed by atoms with van der Waals surface area (Å²) >= 11 is 0. The van der Waals surface area contributed by atoms with Gasteiger partial charge in [0.1, 0.15) is 0 Å².